The number of hydrogen-bond donors (Lipinski definition) is 0. The Hall–Kier alpha value is -2.12. The third kappa shape index (κ3) is 3.21. The van der Waals surface area contributed by atoms with Crippen LogP contribution >= 0.6 is 15.9 Å². The second-order valence-electron chi connectivity index (χ2n) is 5.54. The zero-order valence-corrected chi connectivity index (χ0v) is 16.1. The van der Waals surface area contributed by atoms with E-state index >= 15 is 0 Å². The van der Waals surface area contributed by atoms with Gasteiger partial charge in [0.2, 0.25) is 0 Å². The van der Waals surface area contributed by atoms with Crippen LogP contribution in [-0.4, -0.2) is 25.0 Å². The predicted octanol–water partition coefficient (Wildman–Crippen LogP) is 4.13. The topological polar surface area (TPSA) is 65.4 Å². The van der Waals surface area contributed by atoms with Crippen LogP contribution in [0.5, 0.6) is 0 Å². The minimum atomic E-state index is -3.95. The quantitative estimate of drug-likeness (QED) is 0.594. The van der Waals surface area contributed by atoms with Crippen LogP contribution in [0.25, 0.3) is 10.9 Å². The maximum absolute atomic E-state index is 13.2. The fourth-order valence-corrected chi connectivity index (χ4v) is 4.46. The van der Waals surface area contributed by atoms with Gasteiger partial charge in [0.25, 0.3) is 10.0 Å². The molecule has 5 nitrogen and oxygen atoms in total. The van der Waals surface area contributed by atoms with Crippen LogP contribution in [0.4, 0.5) is 0 Å². The Labute approximate surface area is 154 Å². The van der Waals surface area contributed by atoms with Gasteiger partial charge in [0.15, 0.2) is 0 Å². The molecule has 25 heavy (non-hydrogen) atoms. The molecule has 2 aromatic carbocycles. The molecule has 130 valence electrons. The standard InChI is InChI=1S/C18H16BrNO4S/c1-3-24-18(21)17-11-13-10-14(19)6-9-16(13)20(17)25(22,23)15-7-4-12(2)5-8-15/h4-11H,3H2,1-2H3. The molecule has 0 aliphatic carbocycles. The summed E-state index contributed by atoms with van der Waals surface area (Å²) in [5, 5.41) is 0.633. The third-order valence-electron chi connectivity index (χ3n) is 3.76. The van der Waals surface area contributed by atoms with Gasteiger partial charge in [-0.15, -0.1) is 0 Å². The maximum atomic E-state index is 13.2. The lowest BCUT2D eigenvalue weighted by molar-refractivity contribution is 0.0518. The number of nitrogens with zero attached hydrogens (tertiary/aromatic N) is 1. The summed E-state index contributed by atoms with van der Waals surface area (Å²) in [4.78, 5) is 12.4. The van der Waals surface area contributed by atoms with Gasteiger partial charge in [-0.1, -0.05) is 33.6 Å². The number of aryl methyl sites for hydroxylation is 1. The number of carbonyl (C=O) groups is 1. The van der Waals surface area contributed by atoms with Gasteiger partial charge >= 0.3 is 5.97 Å². The van der Waals surface area contributed by atoms with E-state index in [0.29, 0.717) is 10.9 Å². The van der Waals surface area contributed by atoms with Crippen LogP contribution in [0.3, 0.4) is 0 Å². The summed E-state index contributed by atoms with van der Waals surface area (Å²) in [5.41, 5.74) is 1.35. The SMILES string of the molecule is CCOC(=O)c1cc2cc(Br)ccc2n1S(=O)(=O)c1ccc(C)cc1. The molecular weight excluding hydrogens is 406 g/mol. The number of carbonyl (C=O) groups excluding carboxylic acids is 1. The number of ether oxygens (including phenoxy) is 1. The second-order valence-corrected chi connectivity index (χ2v) is 8.24. The zero-order valence-electron chi connectivity index (χ0n) is 13.7. The van der Waals surface area contributed by atoms with Crippen molar-refractivity contribution < 1.29 is 17.9 Å². The van der Waals surface area contributed by atoms with Crippen molar-refractivity contribution in [3.8, 4) is 0 Å². The van der Waals surface area contributed by atoms with Crippen LogP contribution in [0.1, 0.15) is 23.0 Å². The van der Waals surface area contributed by atoms with Gasteiger partial charge in [-0.3, -0.25) is 0 Å². The number of hydrogen-bond acceptors (Lipinski definition) is 4. The third-order valence-corrected chi connectivity index (χ3v) is 6.00. The molecule has 3 rings (SSSR count). The molecule has 0 saturated heterocycles. The summed E-state index contributed by atoms with van der Waals surface area (Å²) < 4.78 is 33.2. The zero-order chi connectivity index (χ0) is 18.2. The highest BCUT2D eigenvalue weighted by Crippen LogP contribution is 2.28. The van der Waals surface area contributed by atoms with E-state index < -0.39 is 16.0 Å². The van der Waals surface area contributed by atoms with E-state index in [1.807, 2.05) is 6.92 Å². The Morgan fingerprint density at radius 2 is 1.80 bits per heavy atom. The fourth-order valence-electron chi connectivity index (χ4n) is 2.58. The van der Waals surface area contributed by atoms with Crippen LogP contribution < -0.4 is 0 Å². The normalized spacial score (nSPS) is 11.6. The van der Waals surface area contributed by atoms with E-state index in [1.54, 1.807) is 37.3 Å². The van der Waals surface area contributed by atoms with E-state index in [2.05, 4.69) is 15.9 Å². The molecule has 0 saturated carbocycles. The first kappa shape index (κ1) is 17.7. The predicted molar refractivity (Wildman–Crippen MR) is 99.4 cm³/mol. The van der Waals surface area contributed by atoms with Crippen LogP contribution in [0.15, 0.2) is 57.9 Å². The highest BCUT2D eigenvalue weighted by molar-refractivity contribution is 9.10. The summed E-state index contributed by atoms with van der Waals surface area (Å²) in [6.07, 6.45) is 0. The number of esters is 1. The molecule has 0 atom stereocenters. The molecule has 0 radical (unpaired) electrons. The van der Waals surface area contributed by atoms with Crippen LogP contribution in [0.2, 0.25) is 0 Å². The van der Waals surface area contributed by atoms with E-state index in [1.165, 1.54) is 18.2 Å². The minimum absolute atomic E-state index is 0.0180. The van der Waals surface area contributed by atoms with Gasteiger partial charge in [0.05, 0.1) is 17.0 Å². The molecule has 1 heterocycles. The average molecular weight is 422 g/mol. The molecule has 0 N–H and O–H groups in total. The van der Waals surface area contributed by atoms with Crippen molar-refractivity contribution in [1.82, 2.24) is 3.97 Å². The Bertz CT molecular complexity index is 1050. The van der Waals surface area contributed by atoms with Crippen LogP contribution in [0, 0.1) is 6.92 Å². The van der Waals surface area contributed by atoms with E-state index in [4.69, 9.17) is 4.74 Å². The van der Waals surface area contributed by atoms with Gasteiger partial charge in [-0.2, -0.15) is 0 Å². The molecule has 0 unspecified atom stereocenters. The van der Waals surface area contributed by atoms with Crippen molar-refractivity contribution in [3.63, 3.8) is 0 Å². The number of fused-ring (bicyclic) bond motifs is 1. The highest BCUT2D eigenvalue weighted by atomic mass is 79.9. The van der Waals surface area contributed by atoms with Gasteiger partial charge < -0.3 is 4.74 Å². The molecule has 0 aliphatic rings. The maximum Gasteiger partial charge on any atom is 0.356 e. The number of aromatic nitrogens is 1. The second kappa shape index (κ2) is 6.65. The Morgan fingerprint density at radius 1 is 1.12 bits per heavy atom. The monoisotopic (exact) mass is 421 g/mol. The van der Waals surface area contributed by atoms with Gasteiger partial charge in [0, 0.05) is 9.86 Å². The van der Waals surface area contributed by atoms with Gasteiger partial charge in [-0.05, 0) is 50.2 Å². The number of benzene rings is 2. The number of rotatable bonds is 4. The lowest BCUT2D eigenvalue weighted by Gasteiger charge is -2.11. The molecule has 0 aliphatic heterocycles. The Balaban J connectivity index is 2.31. The average Bonchev–Trinajstić information content (AvgIpc) is 2.94. The first-order valence-corrected chi connectivity index (χ1v) is 9.88. The van der Waals surface area contributed by atoms with Gasteiger partial charge in [-0.25, -0.2) is 17.2 Å². The first-order valence-electron chi connectivity index (χ1n) is 7.65. The Morgan fingerprint density at radius 3 is 2.44 bits per heavy atom. The molecule has 0 bridgehead atoms. The summed E-state index contributed by atoms with van der Waals surface area (Å²) in [6, 6.07) is 13.2. The molecule has 0 fully saturated rings. The summed E-state index contributed by atoms with van der Waals surface area (Å²) in [5.74, 6) is -0.675. The Kier molecular flexibility index (Phi) is 4.71. The summed E-state index contributed by atoms with van der Waals surface area (Å²) >= 11 is 3.36. The smallest absolute Gasteiger partial charge is 0.356 e. The minimum Gasteiger partial charge on any atom is -0.461 e. The van der Waals surface area contributed by atoms with Gasteiger partial charge in [0.1, 0.15) is 5.69 Å². The van der Waals surface area contributed by atoms with Crippen molar-refractivity contribution in [2.24, 2.45) is 0 Å². The highest BCUT2D eigenvalue weighted by Gasteiger charge is 2.27. The molecular formula is C18H16BrNO4S. The summed E-state index contributed by atoms with van der Waals surface area (Å²) in [7, 11) is -3.95. The number of halogens is 1. The first-order chi connectivity index (χ1) is 11.8. The van der Waals surface area contributed by atoms with Crippen molar-refractivity contribution in [3.05, 3.63) is 64.3 Å². The lowest BCUT2D eigenvalue weighted by atomic mass is 10.2. The van der Waals surface area contributed by atoms with Crippen LogP contribution in [-0.2, 0) is 14.8 Å². The van der Waals surface area contributed by atoms with E-state index in [9.17, 15) is 13.2 Å². The molecule has 1 aromatic heterocycles. The largest absolute Gasteiger partial charge is 0.461 e. The van der Waals surface area contributed by atoms with E-state index in [0.717, 1.165) is 14.0 Å². The van der Waals surface area contributed by atoms with Crippen molar-refractivity contribution >= 4 is 42.8 Å². The molecule has 0 spiro atoms. The fraction of sp³-hybridized carbons (Fsp3) is 0.167. The molecule has 3 aromatic rings. The van der Waals surface area contributed by atoms with Crippen molar-refractivity contribution in [2.75, 3.05) is 6.61 Å². The molecule has 0 amide bonds. The van der Waals surface area contributed by atoms with Crippen molar-refractivity contribution in [2.45, 2.75) is 18.7 Å². The summed E-state index contributed by atoms with van der Waals surface area (Å²) in [6.45, 7) is 3.72. The van der Waals surface area contributed by atoms with Crippen molar-refractivity contribution in [1.29, 1.82) is 0 Å². The lowest BCUT2D eigenvalue weighted by Crippen LogP contribution is -2.19. The molecule has 7 heteroatoms. The van der Waals surface area contributed by atoms with E-state index in [-0.39, 0.29) is 17.2 Å².